The summed E-state index contributed by atoms with van der Waals surface area (Å²) in [5.41, 5.74) is 0. The highest BCUT2D eigenvalue weighted by atomic mass is 16.7. The van der Waals surface area contributed by atoms with Gasteiger partial charge in [-0.1, -0.05) is 0 Å². The third kappa shape index (κ3) is 3.72. The maximum absolute atomic E-state index is 7.00. The Morgan fingerprint density at radius 3 is 1.71 bits per heavy atom. The number of rotatable bonds is 0. The van der Waals surface area contributed by atoms with Gasteiger partial charge in [0.05, 0.1) is 13.2 Å². The van der Waals surface area contributed by atoms with Gasteiger partial charge in [0, 0.05) is 7.11 Å². The average molecular weight is 106 g/mol. The van der Waals surface area contributed by atoms with Crippen LogP contribution < -0.4 is 0 Å². The molecular formula is C4H10O3. The number of aliphatic hydroxyl groups is 1. The van der Waals surface area contributed by atoms with E-state index in [1.165, 1.54) is 0 Å². The Bertz CT molecular complexity index is 18.5. The highest BCUT2D eigenvalue weighted by molar-refractivity contribution is 4.28. The van der Waals surface area contributed by atoms with Crippen molar-refractivity contribution in [3.63, 3.8) is 0 Å². The molecule has 0 aromatic rings. The Labute approximate surface area is 42.9 Å². The van der Waals surface area contributed by atoms with E-state index in [-0.39, 0.29) is 0 Å². The number of aliphatic hydroxyl groups excluding tert-OH is 1. The van der Waals surface area contributed by atoms with Gasteiger partial charge in [-0.3, -0.25) is 0 Å². The lowest BCUT2D eigenvalue weighted by molar-refractivity contribution is 0.0692. The predicted molar refractivity (Wildman–Crippen MR) is 24.9 cm³/mol. The Hall–Kier alpha value is -0.120. The monoisotopic (exact) mass is 106 g/mol. The van der Waals surface area contributed by atoms with Crippen LogP contribution in [0.15, 0.2) is 0 Å². The van der Waals surface area contributed by atoms with Crippen molar-refractivity contribution in [3.8, 4) is 0 Å². The summed E-state index contributed by atoms with van der Waals surface area (Å²) in [6.45, 7) is 2.06. The van der Waals surface area contributed by atoms with Crippen LogP contribution in [0, 0.1) is 0 Å². The van der Waals surface area contributed by atoms with E-state index in [4.69, 9.17) is 14.6 Å². The largest absolute Gasteiger partial charge is 0.400 e. The van der Waals surface area contributed by atoms with E-state index in [1.54, 1.807) is 0 Å². The Kier molecular flexibility index (Phi) is 5.78. The molecule has 7 heavy (non-hydrogen) atoms. The molecule has 1 N–H and O–H groups in total. The summed E-state index contributed by atoms with van der Waals surface area (Å²) < 4.78 is 9.44. The van der Waals surface area contributed by atoms with Crippen molar-refractivity contribution in [1.82, 2.24) is 0 Å². The fourth-order valence-electron chi connectivity index (χ4n) is 0.295. The second-order valence-electron chi connectivity index (χ2n) is 0.934. The highest BCUT2D eigenvalue weighted by Crippen LogP contribution is 1.85. The average Bonchev–Trinajstić information content (AvgIpc) is 2.23. The Balaban J connectivity index is 0.000000162. The summed E-state index contributed by atoms with van der Waals surface area (Å²) in [7, 11) is 1.00. The lowest BCUT2D eigenvalue weighted by atomic mass is 10.8. The van der Waals surface area contributed by atoms with E-state index in [2.05, 4.69) is 0 Å². The van der Waals surface area contributed by atoms with Gasteiger partial charge in [0.1, 0.15) is 6.79 Å². The molecule has 1 heterocycles. The van der Waals surface area contributed by atoms with E-state index < -0.39 is 0 Å². The molecule has 0 unspecified atom stereocenters. The van der Waals surface area contributed by atoms with Gasteiger partial charge in [0.25, 0.3) is 0 Å². The van der Waals surface area contributed by atoms with E-state index in [0.29, 0.717) is 6.79 Å². The Morgan fingerprint density at radius 2 is 1.57 bits per heavy atom. The maximum atomic E-state index is 7.00. The van der Waals surface area contributed by atoms with Gasteiger partial charge in [0.15, 0.2) is 0 Å². The van der Waals surface area contributed by atoms with Crippen LogP contribution in [-0.2, 0) is 9.47 Å². The van der Waals surface area contributed by atoms with Crippen LogP contribution in [0.3, 0.4) is 0 Å². The van der Waals surface area contributed by atoms with Crippen LogP contribution in [0.4, 0.5) is 0 Å². The first-order chi connectivity index (χ1) is 3.50. The quantitative estimate of drug-likeness (QED) is 0.456. The van der Waals surface area contributed by atoms with E-state index >= 15 is 0 Å². The van der Waals surface area contributed by atoms with Gasteiger partial charge in [-0.2, -0.15) is 0 Å². The molecule has 0 aliphatic carbocycles. The van der Waals surface area contributed by atoms with Gasteiger partial charge in [-0.05, 0) is 0 Å². The topological polar surface area (TPSA) is 38.7 Å². The molecule has 1 saturated heterocycles. The van der Waals surface area contributed by atoms with Crippen LogP contribution >= 0.6 is 0 Å². The molecule has 0 amide bonds. The van der Waals surface area contributed by atoms with E-state index in [9.17, 15) is 0 Å². The molecule has 0 spiro atoms. The van der Waals surface area contributed by atoms with Gasteiger partial charge in [-0.25, -0.2) is 0 Å². The van der Waals surface area contributed by atoms with Crippen LogP contribution in [0.1, 0.15) is 0 Å². The molecule has 0 saturated carbocycles. The summed E-state index contributed by atoms with van der Waals surface area (Å²) in [5.74, 6) is 0. The zero-order valence-electron chi connectivity index (χ0n) is 4.39. The van der Waals surface area contributed by atoms with Crippen molar-refractivity contribution >= 4 is 0 Å². The highest BCUT2D eigenvalue weighted by Gasteiger charge is 1.93. The van der Waals surface area contributed by atoms with Crippen molar-refractivity contribution in [2.45, 2.75) is 0 Å². The third-order valence-corrected chi connectivity index (χ3v) is 0.539. The fourth-order valence-corrected chi connectivity index (χ4v) is 0.295. The third-order valence-electron chi connectivity index (χ3n) is 0.539. The molecule has 44 valence electrons. The fraction of sp³-hybridized carbons (Fsp3) is 1.00. The first kappa shape index (κ1) is 6.88. The van der Waals surface area contributed by atoms with Crippen molar-refractivity contribution < 1.29 is 14.6 Å². The summed E-state index contributed by atoms with van der Waals surface area (Å²) in [5, 5.41) is 7.00. The predicted octanol–water partition coefficient (Wildman–Crippen LogP) is -0.401. The molecule has 1 aliphatic heterocycles. The van der Waals surface area contributed by atoms with Crippen molar-refractivity contribution in [2.24, 2.45) is 0 Å². The minimum absolute atomic E-state index is 0.500. The molecule has 0 bridgehead atoms. The molecule has 1 fully saturated rings. The second kappa shape index (κ2) is 5.88. The molecule has 0 aromatic heterocycles. The number of hydrogen-bond donors (Lipinski definition) is 1. The molecule has 3 heteroatoms. The summed E-state index contributed by atoms with van der Waals surface area (Å²) in [4.78, 5) is 0. The first-order valence-corrected chi connectivity index (χ1v) is 2.10. The molecule has 0 radical (unpaired) electrons. The minimum Gasteiger partial charge on any atom is -0.400 e. The van der Waals surface area contributed by atoms with Crippen molar-refractivity contribution in [1.29, 1.82) is 0 Å². The minimum atomic E-state index is 0.500. The van der Waals surface area contributed by atoms with Crippen molar-refractivity contribution in [3.05, 3.63) is 0 Å². The zero-order chi connectivity index (χ0) is 5.54. The molecule has 1 aliphatic rings. The summed E-state index contributed by atoms with van der Waals surface area (Å²) >= 11 is 0. The zero-order valence-corrected chi connectivity index (χ0v) is 4.39. The SMILES string of the molecule is C1COCO1.CO. The normalized spacial score (nSPS) is 18.0. The lowest BCUT2D eigenvalue weighted by Gasteiger charge is -1.76. The molecule has 3 nitrogen and oxygen atoms in total. The lowest BCUT2D eigenvalue weighted by Crippen LogP contribution is -1.79. The summed E-state index contributed by atoms with van der Waals surface area (Å²) in [6.07, 6.45) is 0. The summed E-state index contributed by atoms with van der Waals surface area (Å²) in [6, 6.07) is 0. The van der Waals surface area contributed by atoms with Crippen LogP contribution in [0.5, 0.6) is 0 Å². The van der Waals surface area contributed by atoms with E-state index in [1.807, 2.05) is 0 Å². The van der Waals surface area contributed by atoms with Gasteiger partial charge >= 0.3 is 0 Å². The molecule has 1 rings (SSSR count). The maximum Gasteiger partial charge on any atom is 0.146 e. The Morgan fingerprint density at radius 1 is 1.14 bits per heavy atom. The van der Waals surface area contributed by atoms with Crippen LogP contribution in [-0.4, -0.2) is 32.2 Å². The number of hydrogen-bond acceptors (Lipinski definition) is 3. The molecule has 0 atom stereocenters. The van der Waals surface area contributed by atoms with Crippen molar-refractivity contribution in [2.75, 3.05) is 27.1 Å². The van der Waals surface area contributed by atoms with Gasteiger partial charge < -0.3 is 14.6 Å². The van der Waals surface area contributed by atoms with Crippen LogP contribution in [0.25, 0.3) is 0 Å². The smallest absolute Gasteiger partial charge is 0.146 e. The molecular weight excluding hydrogens is 96.0 g/mol. The van der Waals surface area contributed by atoms with Crippen LogP contribution in [0.2, 0.25) is 0 Å². The van der Waals surface area contributed by atoms with E-state index in [0.717, 1.165) is 20.3 Å². The molecule has 0 aromatic carbocycles. The van der Waals surface area contributed by atoms with Gasteiger partial charge in [0.2, 0.25) is 0 Å². The second-order valence-corrected chi connectivity index (χ2v) is 0.934. The first-order valence-electron chi connectivity index (χ1n) is 2.10. The standard InChI is InChI=1S/C3H6O2.CH4O/c1-2-5-3-4-1;1-2/h1-3H2;2H,1H3. The van der Waals surface area contributed by atoms with Gasteiger partial charge in [-0.15, -0.1) is 0 Å². The number of ether oxygens (including phenoxy) is 2.